The number of H-pyrrole nitrogens is 1. The second-order valence-corrected chi connectivity index (χ2v) is 3.58. The normalized spacial score (nSPS) is 10.3. The Hall–Kier alpha value is -2.37. The number of carbonyl (C=O) groups excluding carboxylic acids is 2. The van der Waals surface area contributed by atoms with E-state index in [9.17, 15) is 9.59 Å². The Labute approximate surface area is 103 Å². The second kappa shape index (κ2) is 4.87. The lowest BCUT2D eigenvalue weighted by molar-refractivity contribution is -0.132. The first-order chi connectivity index (χ1) is 8.60. The largest absolute Gasteiger partial charge is 0.461 e. The number of pyridine rings is 1. The summed E-state index contributed by atoms with van der Waals surface area (Å²) in [6.07, 6.45) is 0. The molecule has 0 radical (unpaired) electrons. The van der Waals surface area contributed by atoms with E-state index in [0.29, 0.717) is 17.9 Å². The van der Waals surface area contributed by atoms with E-state index < -0.39 is 11.9 Å². The van der Waals surface area contributed by atoms with Crippen molar-refractivity contribution in [1.82, 2.24) is 9.97 Å². The molecule has 18 heavy (non-hydrogen) atoms. The van der Waals surface area contributed by atoms with Gasteiger partial charge in [-0.25, -0.2) is 4.79 Å². The van der Waals surface area contributed by atoms with Crippen molar-refractivity contribution < 1.29 is 19.1 Å². The zero-order valence-corrected chi connectivity index (χ0v) is 10.0. The Bertz CT molecular complexity index is 603. The lowest BCUT2D eigenvalue weighted by atomic mass is 10.3. The van der Waals surface area contributed by atoms with Crippen LogP contribution in [0.15, 0.2) is 18.2 Å². The number of ether oxygens (including phenoxy) is 2. The van der Waals surface area contributed by atoms with Gasteiger partial charge in [-0.05, 0) is 19.1 Å². The van der Waals surface area contributed by atoms with Crippen LogP contribution in [0.1, 0.15) is 24.3 Å². The van der Waals surface area contributed by atoms with E-state index in [1.54, 1.807) is 25.1 Å². The number of aromatic amines is 1. The minimum Gasteiger partial charge on any atom is -0.461 e. The fourth-order valence-electron chi connectivity index (χ4n) is 1.51. The maximum atomic E-state index is 11.5. The molecule has 2 aromatic heterocycles. The minimum atomic E-state index is -0.445. The average molecular weight is 248 g/mol. The van der Waals surface area contributed by atoms with Crippen LogP contribution in [-0.4, -0.2) is 28.5 Å². The number of fused-ring (bicyclic) bond motifs is 1. The summed E-state index contributed by atoms with van der Waals surface area (Å²) in [6.45, 7) is 3.34. The van der Waals surface area contributed by atoms with Crippen molar-refractivity contribution in [1.29, 1.82) is 0 Å². The molecule has 2 heterocycles. The van der Waals surface area contributed by atoms with Gasteiger partial charge in [0.25, 0.3) is 0 Å². The van der Waals surface area contributed by atoms with Crippen LogP contribution in [0.5, 0.6) is 5.88 Å². The molecule has 0 unspecified atom stereocenters. The summed E-state index contributed by atoms with van der Waals surface area (Å²) in [6, 6.07) is 4.91. The number of aromatic nitrogens is 2. The van der Waals surface area contributed by atoms with E-state index in [1.807, 2.05) is 0 Å². The highest BCUT2D eigenvalue weighted by Crippen LogP contribution is 2.18. The van der Waals surface area contributed by atoms with Crippen LogP contribution in [0.25, 0.3) is 11.0 Å². The van der Waals surface area contributed by atoms with Crippen LogP contribution in [0.3, 0.4) is 0 Å². The van der Waals surface area contributed by atoms with Gasteiger partial charge in [-0.2, -0.15) is 4.98 Å². The van der Waals surface area contributed by atoms with E-state index >= 15 is 0 Å². The SMILES string of the molecule is CCOC(=O)c1cc2ccc(OC(C)=O)nc2[nH]1. The van der Waals surface area contributed by atoms with Gasteiger partial charge in [-0.3, -0.25) is 4.79 Å². The maximum Gasteiger partial charge on any atom is 0.354 e. The third kappa shape index (κ3) is 2.48. The predicted molar refractivity (Wildman–Crippen MR) is 63.4 cm³/mol. The topological polar surface area (TPSA) is 81.3 Å². The van der Waals surface area contributed by atoms with Crippen LogP contribution in [0.4, 0.5) is 0 Å². The fourth-order valence-corrected chi connectivity index (χ4v) is 1.51. The zero-order valence-electron chi connectivity index (χ0n) is 10.0. The molecule has 0 saturated heterocycles. The van der Waals surface area contributed by atoms with Crippen molar-refractivity contribution in [3.8, 4) is 5.88 Å². The highest BCUT2D eigenvalue weighted by Gasteiger charge is 2.11. The van der Waals surface area contributed by atoms with Crippen LogP contribution < -0.4 is 4.74 Å². The molecule has 0 spiro atoms. The molecule has 0 aliphatic heterocycles. The molecule has 0 aliphatic carbocycles. The van der Waals surface area contributed by atoms with Crippen LogP contribution >= 0.6 is 0 Å². The highest BCUT2D eigenvalue weighted by atomic mass is 16.5. The molecule has 0 bridgehead atoms. The van der Waals surface area contributed by atoms with Crippen LogP contribution in [0.2, 0.25) is 0 Å². The summed E-state index contributed by atoms with van der Waals surface area (Å²) in [4.78, 5) is 29.2. The Morgan fingerprint density at radius 3 is 2.83 bits per heavy atom. The summed E-state index contributed by atoms with van der Waals surface area (Å²) in [5, 5.41) is 0.744. The number of hydrogen-bond acceptors (Lipinski definition) is 5. The third-order valence-corrected chi connectivity index (χ3v) is 2.20. The predicted octanol–water partition coefficient (Wildman–Crippen LogP) is 1.66. The molecule has 2 rings (SSSR count). The van der Waals surface area contributed by atoms with E-state index in [2.05, 4.69) is 9.97 Å². The summed E-state index contributed by atoms with van der Waals surface area (Å²) in [5.74, 6) is -0.698. The van der Waals surface area contributed by atoms with Gasteiger partial charge in [0.15, 0.2) is 0 Å². The Morgan fingerprint density at radius 2 is 2.17 bits per heavy atom. The van der Waals surface area contributed by atoms with Crippen molar-refractivity contribution in [2.45, 2.75) is 13.8 Å². The molecular formula is C12H12N2O4. The first kappa shape index (κ1) is 12.1. The van der Waals surface area contributed by atoms with E-state index in [1.165, 1.54) is 6.92 Å². The van der Waals surface area contributed by atoms with Crippen molar-refractivity contribution in [3.63, 3.8) is 0 Å². The summed E-state index contributed by atoms with van der Waals surface area (Å²) < 4.78 is 9.72. The van der Waals surface area contributed by atoms with Gasteiger partial charge in [0.1, 0.15) is 11.3 Å². The molecule has 0 aliphatic rings. The maximum absolute atomic E-state index is 11.5. The quantitative estimate of drug-likeness (QED) is 0.835. The van der Waals surface area contributed by atoms with Gasteiger partial charge < -0.3 is 14.5 Å². The number of esters is 2. The fraction of sp³-hybridized carbons (Fsp3) is 0.250. The van der Waals surface area contributed by atoms with Crippen molar-refractivity contribution in [2.24, 2.45) is 0 Å². The van der Waals surface area contributed by atoms with Gasteiger partial charge in [0.05, 0.1) is 6.61 Å². The Morgan fingerprint density at radius 1 is 1.39 bits per heavy atom. The van der Waals surface area contributed by atoms with E-state index in [0.717, 1.165) is 5.39 Å². The molecule has 94 valence electrons. The van der Waals surface area contributed by atoms with Crippen LogP contribution in [0, 0.1) is 0 Å². The number of carbonyl (C=O) groups is 2. The molecule has 6 nitrogen and oxygen atoms in total. The minimum absolute atomic E-state index is 0.187. The van der Waals surface area contributed by atoms with Crippen molar-refractivity contribution in [2.75, 3.05) is 6.61 Å². The second-order valence-electron chi connectivity index (χ2n) is 3.58. The molecule has 0 fully saturated rings. The lowest BCUT2D eigenvalue weighted by Crippen LogP contribution is -2.04. The third-order valence-electron chi connectivity index (χ3n) is 2.20. The van der Waals surface area contributed by atoms with Gasteiger partial charge in [0, 0.05) is 18.4 Å². The molecule has 0 aromatic carbocycles. The summed E-state index contributed by atoms with van der Waals surface area (Å²) in [5.41, 5.74) is 0.788. The van der Waals surface area contributed by atoms with E-state index in [4.69, 9.17) is 9.47 Å². The van der Waals surface area contributed by atoms with E-state index in [-0.39, 0.29) is 5.88 Å². The van der Waals surface area contributed by atoms with Crippen LogP contribution in [-0.2, 0) is 9.53 Å². The van der Waals surface area contributed by atoms with Gasteiger partial charge in [-0.1, -0.05) is 0 Å². The standard InChI is InChI=1S/C12H12N2O4/c1-3-17-12(16)9-6-8-4-5-10(18-7(2)15)14-11(8)13-9/h4-6H,3H2,1-2H3,(H,13,14). The van der Waals surface area contributed by atoms with Crippen molar-refractivity contribution in [3.05, 3.63) is 23.9 Å². The summed E-state index contributed by atoms with van der Waals surface area (Å²) in [7, 11) is 0. The molecule has 0 saturated carbocycles. The number of nitrogens with zero attached hydrogens (tertiary/aromatic N) is 1. The number of nitrogens with one attached hydrogen (secondary N) is 1. The first-order valence-corrected chi connectivity index (χ1v) is 5.45. The van der Waals surface area contributed by atoms with Crippen molar-refractivity contribution >= 4 is 23.0 Å². The molecular weight excluding hydrogens is 236 g/mol. The first-order valence-electron chi connectivity index (χ1n) is 5.45. The monoisotopic (exact) mass is 248 g/mol. The number of hydrogen-bond donors (Lipinski definition) is 1. The molecule has 0 amide bonds. The number of rotatable bonds is 3. The Balaban J connectivity index is 2.33. The highest BCUT2D eigenvalue weighted by molar-refractivity contribution is 5.93. The smallest absolute Gasteiger partial charge is 0.354 e. The molecule has 0 atom stereocenters. The van der Waals surface area contributed by atoms with Gasteiger partial charge in [0.2, 0.25) is 5.88 Å². The lowest BCUT2D eigenvalue weighted by Gasteiger charge is -1.98. The average Bonchev–Trinajstić information content (AvgIpc) is 2.71. The van der Waals surface area contributed by atoms with Gasteiger partial charge >= 0.3 is 11.9 Å². The molecule has 1 N–H and O–H groups in total. The summed E-state index contributed by atoms with van der Waals surface area (Å²) >= 11 is 0. The Kier molecular flexibility index (Phi) is 3.27. The molecule has 6 heteroatoms. The zero-order chi connectivity index (χ0) is 13.1. The molecule has 2 aromatic rings. The van der Waals surface area contributed by atoms with Gasteiger partial charge in [-0.15, -0.1) is 0 Å².